The molecule has 0 aromatic rings. The number of unbranched alkanes of at least 4 members (excludes halogenated alkanes) is 1. The lowest BCUT2D eigenvalue weighted by molar-refractivity contribution is 0.136. The summed E-state index contributed by atoms with van der Waals surface area (Å²) in [4.78, 5) is 9.78. The molecule has 0 saturated carbocycles. The number of hydrogen-bond donors (Lipinski definition) is 2. The summed E-state index contributed by atoms with van der Waals surface area (Å²) in [5.74, 6) is 2.09. The third-order valence-corrected chi connectivity index (χ3v) is 4.62. The number of likely N-dealkylation sites (N-methyl/N-ethyl adjacent to an activating group) is 1. The maximum absolute atomic E-state index is 4.65. The molecular weight excluding hydrogens is 294 g/mol. The number of aliphatic imine (C=N–C) groups is 1. The van der Waals surface area contributed by atoms with Gasteiger partial charge in [0.2, 0.25) is 0 Å². The van der Waals surface area contributed by atoms with Gasteiger partial charge in [0.05, 0.1) is 0 Å². The minimum absolute atomic E-state index is 0.920. The normalized spacial score (nSPS) is 17.7. The van der Waals surface area contributed by atoms with E-state index < -0.39 is 0 Å². The number of thioether (sulfide) groups is 1. The third-order valence-electron chi connectivity index (χ3n) is 4.01. The van der Waals surface area contributed by atoms with Crippen molar-refractivity contribution in [2.75, 3.05) is 70.9 Å². The molecule has 1 heterocycles. The number of rotatable bonds is 10. The van der Waals surface area contributed by atoms with Crippen molar-refractivity contribution in [3.05, 3.63) is 0 Å². The fourth-order valence-corrected chi connectivity index (χ4v) is 2.89. The number of hydrogen-bond acceptors (Lipinski definition) is 4. The lowest BCUT2D eigenvalue weighted by Crippen LogP contribution is -2.46. The first-order valence-electron chi connectivity index (χ1n) is 8.76. The Morgan fingerprint density at radius 2 is 1.77 bits per heavy atom. The van der Waals surface area contributed by atoms with Crippen LogP contribution in [0.1, 0.15) is 26.7 Å². The molecule has 0 bridgehead atoms. The van der Waals surface area contributed by atoms with Gasteiger partial charge in [-0.2, -0.15) is 11.8 Å². The Morgan fingerprint density at radius 1 is 1.05 bits per heavy atom. The van der Waals surface area contributed by atoms with E-state index in [2.05, 4.69) is 45.5 Å². The van der Waals surface area contributed by atoms with Crippen molar-refractivity contribution in [1.82, 2.24) is 20.4 Å². The van der Waals surface area contributed by atoms with Crippen LogP contribution in [0.5, 0.6) is 0 Å². The molecule has 130 valence electrons. The van der Waals surface area contributed by atoms with E-state index >= 15 is 0 Å². The monoisotopic (exact) mass is 329 g/mol. The molecule has 0 aromatic heterocycles. The second kappa shape index (κ2) is 13.0. The zero-order valence-electron chi connectivity index (χ0n) is 14.7. The van der Waals surface area contributed by atoms with Gasteiger partial charge in [-0.1, -0.05) is 6.92 Å². The van der Waals surface area contributed by atoms with Crippen LogP contribution in [0.2, 0.25) is 0 Å². The van der Waals surface area contributed by atoms with Gasteiger partial charge in [-0.25, -0.2) is 0 Å². The summed E-state index contributed by atoms with van der Waals surface area (Å²) in [6.07, 6.45) is 4.55. The lowest BCUT2D eigenvalue weighted by atomic mass is 10.2. The smallest absolute Gasteiger partial charge is 0.191 e. The van der Waals surface area contributed by atoms with Gasteiger partial charge in [0.25, 0.3) is 0 Å². The molecule has 1 aliphatic rings. The van der Waals surface area contributed by atoms with E-state index in [9.17, 15) is 0 Å². The molecule has 1 fully saturated rings. The average Bonchev–Trinajstić information content (AvgIpc) is 2.55. The van der Waals surface area contributed by atoms with Gasteiger partial charge in [0.1, 0.15) is 0 Å². The first-order chi connectivity index (χ1) is 10.8. The second-order valence-corrected chi connectivity index (χ2v) is 6.65. The van der Waals surface area contributed by atoms with Crippen LogP contribution in [0.3, 0.4) is 0 Å². The quantitative estimate of drug-likeness (QED) is 0.359. The van der Waals surface area contributed by atoms with Crippen molar-refractivity contribution in [1.29, 1.82) is 0 Å². The van der Waals surface area contributed by atoms with Crippen molar-refractivity contribution >= 4 is 17.7 Å². The molecule has 0 atom stereocenters. The number of nitrogens with one attached hydrogen (secondary N) is 2. The molecular formula is C16H35N5S. The molecule has 1 saturated heterocycles. The summed E-state index contributed by atoms with van der Waals surface area (Å²) in [6, 6.07) is 0. The standard InChI is InChI=1S/C16H35N5S/c1-4-17-16(19-9-15-22-3)18-8-6-7-10-21-13-11-20(5-2)12-14-21/h4-15H2,1-3H3,(H2,17,18,19). The van der Waals surface area contributed by atoms with Crippen molar-refractivity contribution in [2.24, 2.45) is 4.99 Å². The summed E-state index contributed by atoms with van der Waals surface area (Å²) in [6.45, 7) is 14.5. The van der Waals surface area contributed by atoms with Gasteiger partial charge in [0.15, 0.2) is 5.96 Å². The van der Waals surface area contributed by atoms with Gasteiger partial charge in [-0.15, -0.1) is 0 Å². The Bertz CT molecular complexity index is 290. The van der Waals surface area contributed by atoms with Crippen LogP contribution in [0.25, 0.3) is 0 Å². The van der Waals surface area contributed by atoms with Crippen molar-refractivity contribution in [2.45, 2.75) is 26.7 Å². The maximum Gasteiger partial charge on any atom is 0.191 e. The van der Waals surface area contributed by atoms with E-state index in [4.69, 9.17) is 0 Å². The van der Waals surface area contributed by atoms with Gasteiger partial charge in [-0.3, -0.25) is 4.99 Å². The Kier molecular flexibility index (Phi) is 11.6. The summed E-state index contributed by atoms with van der Waals surface area (Å²) in [5, 5.41) is 6.68. The molecule has 0 amide bonds. The first kappa shape index (κ1) is 19.6. The number of piperazine rings is 1. The molecule has 1 aliphatic heterocycles. The van der Waals surface area contributed by atoms with Crippen LogP contribution in [0.4, 0.5) is 0 Å². The fourth-order valence-electron chi connectivity index (χ4n) is 2.58. The molecule has 0 spiro atoms. The van der Waals surface area contributed by atoms with E-state index in [1.54, 1.807) is 0 Å². The van der Waals surface area contributed by atoms with Gasteiger partial charge in [-0.05, 0) is 39.1 Å². The highest BCUT2D eigenvalue weighted by Gasteiger charge is 2.14. The number of nitrogens with zero attached hydrogens (tertiary/aromatic N) is 3. The van der Waals surface area contributed by atoms with E-state index in [1.807, 2.05) is 11.8 Å². The minimum atomic E-state index is 0.920. The topological polar surface area (TPSA) is 42.9 Å². The van der Waals surface area contributed by atoms with Crippen LogP contribution in [-0.2, 0) is 0 Å². The summed E-state index contributed by atoms with van der Waals surface area (Å²) in [7, 11) is 0. The largest absolute Gasteiger partial charge is 0.357 e. The number of guanidine groups is 1. The van der Waals surface area contributed by atoms with E-state index in [1.165, 1.54) is 52.1 Å². The van der Waals surface area contributed by atoms with Crippen LogP contribution in [0.15, 0.2) is 4.99 Å². The average molecular weight is 330 g/mol. The molecule has 5 nitrogen and oxygen atoms in total. The van der Waals surface area contributed by atoms with Crippen LogP contribution >= 0.6 is 11.8 Å². The van der Waals surface area contributed by atoms with Gasteiger partial charge >= 0.3 is 0 Å². The van der Waals surface area contributed by atoms with Gasteiger partial charge < -0.3 is 20.4 Å². The second-order valence-electron chi connectivity index (χ2n) is 5.66. The Labute approximate surface area is 141 Å². The summed E-state index contributed by atoms with van der Waals surface area (Å²) in [5.41, 5.74) is 0. The van der Waals surface area contributed by atoms with Crippen LogP contribution in [-0.4, -0.2) is 86.7 Å². The lowest BCUT2D eigenvalue weighted by Gasteiger charge is -2.33. The predicted molar refractivity (Wildman–Crippen MR) is 100 cm³/mol. The highest BCUT2D eigenvalue weighted by Crippen LogP contribution is 2.03. The van der Waals surface area contributed by atoms with E-state index in [0.29, 0.717) is 0 Å². The predicted octanol–water partition coefficient (Wildman–Crippen LogP) is 1.32. The first-order valence-corrected chi connectivity index (χ1v) is 10.1. The highest BCUT2D eigenvalue weighted by atomic mass is 32.2. The summed E-state index contributed by atoms with van der Waals surface area (Å²) >= 11 is 1.86. The maximum atomic E-state index is 4.65. The Balaban J connectivity index is 2.10. The SMILES string of the molecule is CCNC(=NCCCCN1CCN(CC)CC1)NCCSC. The molecule has 0 aliphatic carbocycles. The molecule has 0 aromatic carbocycles. The molecule has 6 heteroatoms. The zero-order chi connectivity index (χ0) is 16.0. The van der Waals surface area contributed by atoms with E-state index in [0.717, 1.165) is 31.3 Å². The third kappa shape index (κ3) is 8.86. The van der Waals surface area contributed by atoms with Crippen molar-refractivity contribution < 1.29 is 0 Å². The molecule has 1 rings (SSSR count). The minimum Gasteiger partial charge on any atom is -0.357 e. The molecule has 0 radical (unpaired) electrons. The Hall–Kier alpha value is -0.460. The Morgan fingerprint density at radius 3 is 2.41 bits per heavy atom. The fraction of sp³-hybridized carbons (Fsp3) is 0.938. The molecule has 0 unspecified atom stereocenters. The zero-order valence-corrected chi connectivity index (χ0v) is 15.6. The van der Waals surface area contributed by atoms with Crippen molar-refractivity contribution in [3.63, 3.8) is 0 Å². The highest BCUT2D eigenvalue weighted by molar-refractivity contribution is 7.98. The molecule has 22 heavy (non-hydrogen) atoms. The van der Waals surface area contributed by atoms with E-state index in [-0.39, 0.29) is 0 Å². The van der Waals surface area contributed by atoms with Crippen LogP contribution in [0, 0.1) is 0 Å². The summed E-state index contributed by atoms with van der Waals surface area (Å²) < 4.78 is 0. The molecule has 2 N–H and O–H groups in total. The van der Waals surface area contributed by atoms with Gasteiger partial charge in [0, 0.05) is 51.6 Å². The van der Waals surface area contributed by atoms with Crippen LogP contribution < -0.4 is 10.6 Å². The van der Waals surface area contributed by atoms with Crippen molar-refractivity contribution in [3.8, 4) is 0 Å².